The van der Waals surface area contributed by atoms with Crippen LogP contribution in [0, 0.1) is 0 Å². The van der Waals surface area contributed by atoms with Crippen molar-refractivity contribution in [3.63, 3.8) is 0 Å². The number of nitrogens with one attached hydrogen (secondary N) is 2. The Balaban J connectivity index is 3.97. The van der Waals surface area contributed by atoms with Gasteiger partial charge in [-0.25, -0.2) is 14.3 Å². The number of hydrogen-bond donors (Lipinski definition) is 4. The minimum absolute atomic E-state index is 0.362. The minimum Gasteiger partial charge on any atom is -0.329 e. The predicted molar refractivity (Wildman–Crippen MR) is 63.7 cm³/mol. The zero-order valence-electron chi connectivity index (χ0n) is 9.78. The summed E-state index contributed by atoms with van der Waals surface area (Å²) in [5, 5.41) is 2.65. The largest absolute Gasteiger partial charge is 0.422 e. The molecule has 0 saturated heterocycles. The summed E-state index contributed by atoms with van der Waals surface area (Å²) in [5.41, 5.74) is 13.1. The van der Waals surface area contributed by atoms with E-state index >= 15 is 0 Å². The lowest BCUT2D eigenvalue weighted by molar-refractivity contribution is 0.133. The van der Waals surface area contributed by atoms with Gasteiger partial charge in [-0.05, 0) is 6.42 Å². The highest BCUT2D eigenvalue weighted by Crippen LogP contribution is 2.42. The molecule has 0 aromatic rings. The smallest absolute Gasteiger partial charge is 0.329 e. The molecule has 0 aromatic carbocycles. The van der Waals surface area contributed by atoms with Gasteiger partial charge in [-0.3, -0.25) is 4.52 Å². The average Bonchev–Trinajstić information content (AvgIpc) is 2.27. The molecule has 0 heterocycles. The molecule has 0 amide bonds. The maximum atomic E-state index is 12.0. The monoisotopic (exact) mass is 254 g/mol. The molecule has 0 saturated carbocycles. The normalized spacial score (nSPS) is 14.9. The topological polar surface area (TPSA) is 112 Å². The van der Waals surface area contributed by atoms with E-state index in [0.717, 1.165) is 12.8 Å². The van der Waals surface area contributed by atoms with Crippen LogP contribution < -0.4 is 22.0 Å². The van der Waals surface area contributed by atoms with Crippen LogP contribution >= 0.6 is 7.75 Å². The van der Waals surface area contributed by atoms with Crippen LogP contribution in [0.2, 0.25) is 0 Å². The number of hydroxylamine groups is 1. The van der Waals surface area contributed by atoms with Gasteiger partial charge in [0.15, 0.2) is 0 Å². The molecule has 16 heavy (non-hydrogen) atoms. The summed E-state index contributed by atoms with van der Waals surface area (Å²) in [5.74, 6) is 0. The Morgan fingerprint density at radius 2 is 1.94 bits per heavy atom. The third kappa shape index (κ3) is 8.18. The van der Waals surface area contributed by atoms with Crippen molar-refractivity contribution < 1.29 is 13.7 Å². The molecule has 1 unspecified atom stereocenters. The van der Waals surface area contributed by atoms with Gasteiger partial charge in [-0.1, -0.05) is 13.3 Å². The van der Waals surface area contributed by atoms with Gasteiger partial charge in [0.1, 0.15) is 0 Å². The van der Waals surface area contributed by atoms with Crippen LogP contribution in [0.15, 0.2) is 0 Å². The fourth-order valence-electron chi connectivity index (χ4n) is 0.824. The molecule has 0 aliphatic carbocycles. The van der Waals surface area contributed by atoms with Crippen molar-refractivity contribution in [2.24, 2.45) is 11.5 Å². The van der Waals surface area contributed by atoms with E-state index in [0.29, 0.717) is 32.8 Å². The van der Waals surface area contributed by atoms with Crippen molar-refractivity contribution >= 4 is 7.75 Å². The summed E-state index contributed by atoms with van der Waals surface area (Å²) in [6.45, 7) is 3.94. The SMILES string of the molecule is CCCCOP(=O)(NCCN)ONCCN. The van der Waals surface area contributed by atoms with Gasteiger partial charge in [0.25, 0.3) is 0 Å². The Hall–Kier alpha value is -0.0100. The van der Waals surface area contributed by atoms with Crippen LogP contribution in [0.5, 0.6) is 0 Å². The first-order chi connectivity index (χ1) is 7.68. The third-order valence-corrected chi connectivity index (χ3v) is 3.14. The van der Waals surface area contributed by atoms with Gasteiger partial charge in [0.05, 0.1) is 6.61 Å². The fourth-order valence-corrected chi connectivity index (χ4v) is 2.07. The van der Waals surface area contributed by atoms with Crippen LogP contribution in [0.4, 0.5) is 0 Å². The van der Waals surface area contributed by atoms with Gasteiger partial charge in [-0.15, -0.1) is 0 Å². The Labute approximate surface area is 96.8 Å². The van der Waals surface area contributed by atoms with E-state index in [4.69, 9.17) is 20.6 Å². The van der Waals surface area contributed by atoms with E-state index < -0.39 is 7.75 Å². The number of hydrogen-bond acceptors (Lipinski definition) is 6. The molecular formula is C8H23N4O3P. The molecule has 8 heteroatoms. The molecule has 0 radical (unpaired) electrons. The van der Waals surface area contributed by atoms with Crippen LogP contribution in [-0.4, -0.2) is 32.8 Å². The lowest BCUT2D eigenvalue weighted by atomic mass is 10.4. The Kier molecular flexibility index (Phi) is 10.2. The van der Waals surface area contributed by atoms with E-state index in [-0.39, 0.29) is 0 Å². The quantitative estimate of drug-likeness (QED) is 0.232. The van der Waals surface area contributed by atoms with Crippen LogP contribution in [0.3, 0.4) is 0 Å². The molecule has 1 atom stereocenters. The molecule has 0 aromatic heterocycles. The van der Waals surface area contributed by atoms with Crippen molar-refractivity contribution in [1.82, 2.24) is 10.6 Å². The van der Waals surface area contributed by atoms with E-state index in [1.54, 1.807) is 0 Å². The van der Waals surface area contributed by atoms with Crippen molar-refractivity contribution in [3.8, 4) is 0 Å². The van der Waals surface area contributed by atoms with Gasteiger partial charge in [0, 0.05) is 26.2 Å². The zero-order valence-corrected chi connectivity index (χ0v) is 10.7. The van der Waals surface area contributed by atoms with E-state index in [1.165, 1.54) is 0 Å². The Bertz CT molecular complexity index is 192. The first kappa shape index (κ1) is 16.0. The molecule has 98 valence electrons. The van der Waals surface area contributed by atoms with Gasteiger partial charge < -0.3 is 11.5 Å². The van der Waals surface area contributed by atoms with Gasteiger partial charge >= 0.3 is 7.75 Å². The summed E-state index contributed by atoms with van der Waals surface area (Å²) in [4.78, 5) is 0. The van der Waals surface area contributed by atoms with Crippen LogP contribution in [0.1, 0.15) is 19.8 Å². The zero-order chi connectivity index (χ0) is 12.3. The van der Waals surface area contributed by atoms with Crippen LogP contribution in [0.25, 0.3) is 0 Å². The Morgan fingerprint density at radius 1 is 1.25 bits per heavy atom. The van der Waals surface area contributed by atoms with Crippen molar-refractivity contribution in [2.45, 2.75) is 19.8 Å². The summed E-state index contributed by atoms with van der Waals surface area (Å²) >= 11 is 0. The standard InChI is InChI=1S/C8H23N4O3P/c1-2-3-8-14-16(13,12-7-5-10)15-11-6-4-9/h11H,2-10H2,1H3,(H,12,13). The fraction of sp³-hybridized carbons (Fsp3) is 1.00. The molecular weight excluding hydrogens is 231 g/mol. The number of unbranched alkanes of at least 4 members (excludes halogenated alkanes) is 1. The average molecular weight is 254 g/mol. The number of rotatable bonds is 11. The summed E-state index contributed by atoms with van der Waals surface area (Å²) in [6.07, 6.45) is 1.79. The molecule has 0 aliphatic rings. The van der Waals surface area contributed by atoms with Gasteiger partial charge in [0.2, 0.25) is 0 Å². The molecule has 6 N–H and O–H groups in total. The predicted octanol–water partition coefficient (Wildman–Crippen LogP) is -0.0606. The second kappa shape index (κ2) is 10.2. The molecule has 0 rings (SSSR count). The molecule has 7 nitrogen and oxygen atoms in total. The number of nitrogens with two attached hydrogens (primary N) is 2. The summed E-state index contributed by atoms with van der Waals surface area (Å²) in [7, 11) is -3.29. The lowest BCUT2D eigenvalue weighted by Gasteiger charge is -2.18. The highest BCUT2D eigenvalue weighted by Gasteiger charge is 2.23. The first-order valence-corrected chi connectivity index (χ1v) is 7.04. The van der Waals surface area contributed by atoms with Crippen molar-refractivity contribution in [2.75, 3.05) is 32.8 Å². The van der Waals surface area contributed by atoms with Gasteiger partial charge in [-0.2, -0.15) is 5.48 Å². The highest BCUT2D eigenvalue weighted by molar-refractivity contribution is 7.51. The van der Waals surface area contributed by atoms with Crippen molar-refractivity contribution in [3.05, 3.63) is 0 Å². The molecule has 0 fully saturated rings. The maximum Gasteiger partial charge on any atom is 0.422 e. The second-order valence-corrected chi connectivity index (χ2v) is 4.91. The molecule has 0 aliphatic heterocycles. The van der Waals surface area contributed by atoms with E-state index in [2.05, 4.69) is 10.6 Å². The van der Waals surface area contributed by atoms with Crippen molar-refractivity contribution in [1.29, 1.82) is 0 Å². The molecule has 0 bridgehead atoms. The highest BCUT2D eigenvalue weighted by atomic mass is 31.2. The summed E-state index contributed by atoms with van der Waals surface area (Å²) < 4.78 is 22.1. The van der Waals surface area contributed by atoms with E-state index in [1.807, 2.05) is 6.92 Å². The minimum atomic E-state index is -3.29. The third-order valence-electron chi connectivity index (χ3n) is 1.64. The van der Waals surface area contributed by atoms with Crippen LogP contribution in [-0.2, 0) is 13.7 Å². The summed E-state index contributed by atoms with van der Waals surface area (Å²) in [6, 6.07) is 0. The molecule has 0 spiro atoms. The lowest BCUT2D eigenvalue weighted by Crippen LogP contribution is -2.28. The second-order valence-electron chi connectivity index (χ2n) is 3.16. The maximum absolute atomic E-state index is 12.0. The first-order valence-electron chi connectivity index (χ1n) is 5.49. The van der Waals surface area contributed by atoms with E-state index in [9.17, 15) is 4.57 Å². The Morgan fingerprint density at radius 3 is 2.50 bits per heavy atom.